The van der Waals surface area contributed by atoms with Crippen molar-refractivity contribution in [3.63, 3.8) is 0 Å². The highest BCUT2D eigenvalue weighted by Gasteiger charge is 2.13. The Morgan fingerprint density at radius 2 is 1.86 bits per heavy atom. The first-order valence-electron chi connectivity index (χ1n) is 8.73. The van der Waals surface area contributed by atoms with Crippen LogP contribution in [0.2, 0.25) is 0 Å². The maximum absolute atomic E-state index is 12.4. The zero-order chi connectivity index (χ0) is 20.3. The van der Waals surface area contributed by atoms with Gasteiger partial charge in [-0.1, -0.05) is 18.2 Å². The van der Waals surface area contributed by atoms with Crippen LogP contribution in [0.3, 0.4) is 0 Å². The van der Waals surface area contributed by atoms with Crippen LogP contribution in [0, 0.1) is 0 Å². The van der Waals surface area contributed by atoms with Gasteiger partial charge in [-0.25, -0.2) is 9.59 Å². The third kappa shape index (κ3) is 3.75. The molecular weight excluding hydrogens is 362 g/mol. The van der Waals surface area contributed by atoms with E-state index in [1.165, 1.54) is 28.4 Å². The van der Waals surface area contributed by atoms with Crippen LogP contribution >= 0.6 is 0 Å². The van der Waals surface area contributed by atoms with Crippen LogP contribution < -0.4 is 15.7 Å². The second-order valence-corrected chi connectivity index (χ2v) is 6.35. The summed E-state index contributed by atoms with van der Waals surface area (Å²) in [6.45, 7) is 0.260. The number of methoxy groups -OCH3 is 1. The van der Waals surface area contributed by atoms with Gasteiger partial charge < -0.3 is 15.2 Å². The number of benzene rings is 2. The van der Waals surface area contributed by atoms with Gasteiger partial charge in [0.1, 0.15) is 12.3 Å². The van der Waals surface area contributed by atoms with Crippen LogP contribution in [0.5, 0.6) is 5.75 Å². The molecule has 1 heterocycles. The summed E-state index contributed by atoms with van der Waals surface area (Å²) < 4.78 is 8.18. The third-order valence-corrected chi connectivity index (χ3v) is 4.60. The molecule has 8 nitrogen and oxygen atoms in total. The van der Waals surface area contributed by atoms with Crippen molar-refractivity contribution in [2.75, 3.05) is 13.7 Å². The smallest absolute Gasteiger partial charge is 0.335 e. The normalized spacial score (nSPS) is 10.8. The van der Waals surface area contributed by atoms with Gasteiger partial charge in [0.05, 0.1) is 23.7 Å². The highest BCUT2D eigenvalue weighted by Crippen LogP contribution is 2.20. The molecule has 0 bridgehead atoms. The molecule has 1 aromatic heterocycles. The number of nitrogens with one attached hydrogen (secondary N) is 1. The number of nitrogens with zero attached hydrogens (tertiary/aromatic N) is 2. The first-order chi connectivity index (χ1) is 13.4. The topological polar surface area (TPSA) is 103 Å². The van der Waals surface area contributed by atoms with E-state index in [1.807, 2.05) is 18.2 Å². The molecule has 146 valence electrons. The molecule has 0 fully saturated rings. The predicted molar refractivity (Wildman–Crippen MR) is 104 cm³/mol. The standard InChI is InChI=1S/C20H21N3O5/c1-22-15-5-3-4-6-16(15)23(20(22)27)12-18(24)21-10-9-13-7-8-14(19(25)26)11-17(13)28-2/h3-8,11H,9-10,12H2,1-2H3,(H,21,24)(H,25,26). The van der Waals surface area contributed by atoms with Crippen molar-refractivity contribution in [2.24, 2.45) is 7.05 Å². The molecule has 2 N–H and O–H groups in total. The van der Waals surface area contributed by atoms with Crippen molar-refractivity contribution < 1.29 is 19.4 Å². The zero-order valence-electron chi connectivity index (χ0n) is 15.6. The summed E-state index contributed by atoms with van der Waals surface area (Å²) >= 11 is 0. The number of hydrogen-bond acceptors (Lipinski definition) is 4. The Kier molecular flexibility index (Phi) is 5.49. The van der Waals surface area contributed by atoms with Gasteiger partial charge in [0.25, 0.3) is 0 Å². The molecule has 8 heteroatoms. The number of hydrogen-bond donors (Lipinski definition) is 2. The lowest BCUT2D eigenvalue weighted by Crippen LogP contribution is -2.33. The fraction of sp³-hybridized carbons (Fsp3) is 0.250. The lowest BCUT2D eigenvalue weighted by Gasteiger charge is -2.10. The molecule has 0 unspecified atom stereocenters. The maximum Gasteiger partial charge on any atom is 0.335 e. The number of rotatable bonds is 7. The number of ether oxygens (including phenoxy) is 1. The number of fused-ring (bicyclic) bond motifs is 1. The highest BCUT2D eigenvalue weighted by molar-refractivity contribution is 5.88. The Morgan fingerprint density at radius 1 is 1.14 bits per heavy atom. The van der Waals surface area contributed by atoms with Gasteiger partial charge in [0.15, 0.2) is 0 Å². The van der Waals surface area contributed by atoms with Crippen LogP contribution in [0.25, 0.3) is 11.0 Å². The average Bonchev–Trinajstić information content (AvgIpc) is 2.93. The monoisotopic (exact) mass is 383 g/mol. The molecule has 0 saturated carbocycles. The molecule has 0 radical (unpaired) electrons. The van der Waals surface area contributed by atoms with Gasteiger partial charge >= 0.3 is 11.7 Å². The summed E-state index contributed by atoms with van der Waals surface area (Å²) in [5.41, 5.74) is 2.15. The summed E-state index contributed by atoms with van der Waals surface area (Å²) in [7, 11) is 3.14. The van der Waals surface area contributed by atoms with Crippen LogP contribution in [-0.4, -0.2) is 39.8 Å². The molecule has 0 aliphatic heterocycles. The van der Waals surface area contributed by atoms with Crippen LogP contribution in [0.1, 0.15) is 15.9 Å². The number of imidazole rings is 1. The number of aryl methyl sites for hydroxylation is 1. The minimum absolute atomic E-state index is 0.0741. The minimum Gasteiger partial charge on any atom is -0.496 e. The Morgan fingerprint density at radius 3 is 2.54 bits per heavy atom. The van der Waals surface area contributed by atoms with Gasteiger partial charge in [0.2, 0.25) is 5.91 Å². The minimum atomic E-state index is -1.03. The van der Waals surface area contributed by atoms with Crippen molar-refractivity contribution >= 4 is 22.9 Å². The lowest BCUT2D eigenvalue weighted by atomic mass is 10.1. The average molecular weight is 383 g/mol. The molecule has 2 aromatic carbocycles. The molecule has 3 aromatic rings. The van der Waals surface area contributed by atoms with E-state index >= 15 is 0 Å². The summed E-state index contributed by atoms with van der Waals surface area (Å²) in [4.78, 5) is 35.7. The van der Waals surface area contributed by atoms with Crippen LogP contribution in [-0.2, 0) is 24.8 Å². The van der Waals surface area contributed by atoms with Crippen molar-refractivity contribution in [3.8, 4) is 5.75 Å². The van der Waals surface area contributed by atoms with E-state index in [9.17, 15) is 14.4 Å². The third-order valence-electron chi connectivity index (χ3n) is 4.60. The molecule has 28 heavy (non-hydrogen) atoms. The number of carbonyl (C=O) groups excluding carboxylic acids is 1. The fourth-order valence-corrected chi connectivity index (χ4v) is 3.14. The molecule has 0 spiro atoms. The van der Waals surface area contributed by atoms with E-state index in [2.05, 4.69) is 5.32 Å². The predicted octanol–water partition coefficient (Wildman–Crippen LogP) is 1.41. The van der Waals surface area contributed by atoms with Gasteiger partial charge in [0, 0.05) is 13.6 Å². The SMILES string of the molecule is COc1cc(C(=O)O)ccc1CCNC(=O)Cn1c(=O)n(C)c2ccccc21. The van der Waals surface area contributed by atoms with E-state index in [4.69, 9.17) is 9.84 Å². The van der Waals surface area contributed by atoms with E-state index in [0.29, 0.717) is 24.2 Å². The molecule has 0 aliphatic carbocycles. The number of carboxylic acids is 1. The van der Waals surface area contributed by atoms with Gasteiger partial charge in [-0.2, -0.15) is 0 Å². The van der Waals surface area contributed by atoms with Gasteiger partial charge in [-0.3, -0.25) is 13.9 Å². The zero-order valence-corrected chi connectivity index (χ0v) is 15.6. The van der Waals surface area contributed by atoms with Gasteiger partial charge in [-0.15, -0.1) is 0 Å². The number of aromatic carboxylic acids is 1. The van der Waals surface area contributed by atoms with Gasteiger partial charge in [-0.05, 0) is 36.2 Å². The summed E-state index contributed by atoms with van der Waals surface area (Å²) in [5.74, 6) is -0.849. The molecule has 3 rings (SSSR count). The van der Waals surface area contributed by atoms with E-state index in [0.717, 1.165) is 11.1 Å². The molecule has 1 amide bonds. The highest BCUT2D eigenvalue weighted by atomic mass is 16.5. The summed E-state index contributed by atoms with van der Waals surface area (Å²) in [6, 6.07) is 11.9. The van der Waals surface area contributed by atoms with Crippen molar-refractivity contribution in [1.82, 2.24) is 14.5 Å². The fourth-order valence-electron chi connectivity index (χ4n) is 3.14. The Labute approximate surface area is 161 Å². The second kappa shape index (κ2) is 7.99. The molecule has 0 aliphatic rings. The van der Waals surface area contributed by atoms with Crippen molar-refractivity contribution in [2.45, 2.75) is 13.0 Å². The first-order valence-corrected chi connectivity index (χ1v) is 8.73. The van der Waals surface area contributed by atoms with Crippen LogP contribution in [0.4, 0.5) is 0 Å². The number of carboxylic acid groups (broad SMARTS) is 1. The largest absolute Gasteiger partial charge is 0.496 e. The molecular formula is C20H21N3O5. The Bertz CT molecular complexity index is 1100. The molecule has 0 atom stereocenters. The van der Waals surface area contributed by atoms with E-state index in [1.54, 1.807) is 19.2 Å². The summed E-state index contributed by atoms with van der Waals surface area (Å²) in [5, 5.41) is 11.8. The second-order valence-electron chi connectivity index (χ2n) is 6.35. The van der Waals surface area contributed by atoms with Crippen LogP contribution in [0.15, 0.2) is 47.3 Å². The Hall–Kier alpha value is -3.55. The first kappa shape index (κ1) is 19.2. The maximum atomic E-state index is 12.4. The molecule has 0 saturated heterocycles. The van der Waals surface area contributed by atoms with Crippen molar-refractivity contribution in [3.05, 3.63) is 64.1 Å². The number of para-hydroxylation sites is 2. The Balaban J connectivity index is 1.65. The van der Waals surface area contributed by atoms with Crippen molar-refractivity contribution in [1.29, 1.82) is 0 Å². The summed E-state index contributed by atoms with van der Waals surface area (Å²) in [6.07, 6.45) is 0.471. The quantitative estimate of drug-likeness (QED) is 0.642. The number of carbonyl (C=O) groups is 2. The van der Waals surface area contributed by atoms with E-state index in [-0.39, 0.29) is 23.7 Å². The lowest BCUT2D eigenvalue weighted by molar-refractivity contribution is -0.121. The number of amides is 1. The number of aromatic nitrogens is 2. The van der Waals surface area contributed by atoms with E-state index < -0.39 is 5.97 Å².